The Morgan fingerprint density at radius 1 is 0.611 bits per heavy atom. The van der Waals surface area contributed by atoms with Crippen molar-refractivity contribution in [2.75, 3.05) is 13.2 Å². The van der Waals surface area contributed by atoms with Crippen LogP contribution in [-0.4, -0.2) is 13.2 Å². The Kier molecular flexibility index (Phi) is 3.18. The van der Waals surface area contributed by atoms with Crippen LogP contribution in [0.5, 0.6) is 11.5 Å². The van der Waals surface area contributed by atoms with Crippen molar-refractivity contribution in [1.29, 1.82) is 0 Å². The van der Waals surface area contributed by atoms with Crippen molar-refractivity contribution < 1.29 is 9.47 Å². The number of benzene rings is 2. The molecule has 0 N–H and O–H groups in total. The SMILES string of the molecule is c1ccc2c(c1)CCO2.c1ccc2c(c1)CCO2. The molecule has 4 rings (SSSR count). The number of ether oxygens (including phenoxy) is 2. The third-order valence-electron chi connectivity index (χ3n) is 3.20. The van der Waals surface area contributed by atoms with Gasteiger partial charge in [0.25, 0.3) is 0 Å². The molecule has 92 valence electrons. The number of para-hydroxylation sites is 2. The molecule has 2 heteroatoms. The summed E-state index contributed by atoms with van der Waals surface area (Å²) in [5.74, 6) is 2.13. The summed E-state index contributed by atoms with van der Waals surface area (Å²) in [5.41, 5.74) is 2.69. The van der Waals surface area contributed by atoms with E-state index in [0.29, 0.717) is 0 Å². The monoisotopic (exact) mass is 240 g/mol. The van der Waals surface area contributed by atoms with Crippen LogP contribution in [-0.2, 0) is 12.8 Å². The topological polar surface area (TPSA) is 18.5 Å². The van der Waals surface area contributed by atoms with E-state index in [2.05, 4.69) is 12.1 Å². The predicted molar refractivity (Wildman–Crippen MR) is 71.3 cm³/mol. The van der Waals surface area contributed by atoms with Crippen LogP contribution in [0.2, 0.25) is 0 Å². The van der Waals surface area contributed by atoms with Crippen LogP contribution in [0.15, 0.2) is 48.5 Å². The van der Waals surface area contributed by atoms with Crippen molar-refractivity contribution in [2.24, 2.45) is 0 Å². The second-order valence-corrected chi connectivity index (χ2v) is 4.41. The molecule has 0 aromatic heterocycles. The molecule has 0 saturated carbocycles. The number of rotatable bonds is 0. The summed E-state index contributed by atoms with van der Waals surface area (Å²) < 4.78 is 10.6. The zero-order valence-electron chi connectivity index (χ0n) is 10.3. The van der Waals surface area contributed by atoms with Gasteiger partial charge in [-0.1, -0.05) is 36.4 Å². The zero-order chi connectivity index (χ0) is 12.2. The van der Waals surface area contributed by atoms with Gasteiger partial charge in [0, 0.05) is 12.8 Å². The van der Waals surface area contributed by atoms with Crippen LogP contribution in [0.1, 0.15) is 11.1 Å². The fourth-order valence-electron chi connectivity index (χ4n) is 2.24. The summed E-state index contributed by atoms with van der Waals surface area (Å²) in [4.78, 5) is 0. The molecule has 0 radical (unpaired) electrons. The predicted octanol–water partition coefficient (Wildman–Crippen LogP) is 3.24. The van der Waals surface area contributed by atoms with Gasteiger partial charge in [-0.05, 0) is 23.3 Å². The summed E-state index contributed by atoms with van der Waals surface area (Å²) in [6.07, 6.45) is 2.16. The van der Waals surface area contributed by atoms with Crippen molar-refractivity contribution in [1.82, 2.24) is 0 Å². The molecule has 0 atom stereocenters. The van der Waals surface area contributed by atoms with E-state index in [-0.39, 0.29) is 0 Å². The van der Waals surface area contributed by atoms with Gasteiger partial charge in [-0.15, -0.1) is 0 Å². The first kappa shape index (κ1) is 11.1. The zero-order valence-corrected chi connectivity index (χ0v) is 10.3. The molecule has 2 nitrogen and oxygen atoms in total. The highest BCUT2D eigenvalue weighted by molar-refractivity contribution is 5.36. The Morgan fingerprint density at radius 2 is 1.06 bits per heavy atom. The van der Waals surface area contributed by atoms with Crippen molar-refractivity contribution >= 4 is 0 Å². The molecule has 0 saturated heterocycles. The van der Waals surface area contributed by atoms with Gasteiger partial charge in [-0.3, -0.25) is 0 Å². The molecule has 0 fully saturated rings. The third-order valence-corrected chi connectivity index (χ3v) is 3.20. The Balaban J connectivity index is 0.000000111. The van der Waals surface area contributed by atoms with E-state index in [1.54, 1.807) is 0 Å². The van der Waals surface area contributed by atoms with Crippen molar-refractivity contribution in [3.05, 3.63) is 59.7 Å². The smallest absolute Gasteiger partial charge is 0.122 e. The minimum atomic E-state index is 0.860. The molecule has 0 aliphatic carbocycles. The quantitative estimate of drug-likeness (QED) is 0.703. The van der Waals surface area contributed by atoms with Gasteiger partial charge < -0.3 is 9.47 Å². The number of hydrogen-bond acceptors (Lipinski definition) is 2. The lowest BCUT2D eigenvalue weighted by Gasteiger charge is -1.93. The third kappa shape index (κ3) is 2.33. The van der Waals surface area contributed by atoms with Crippen LogP contribution in [0.25, 0.3) is 0 Å². The van der Waals surface area contributed by atoms with E-state index >= 15 is 0 Å². The van der Waals surface area contributed by atoms with Gasteiger partial charge in [0.15, 0.2) is 0 Å². The average Bonchev–Trinajstić information content (AvgIpc) is 3.08. The van der Waals surface area contributed by atoms with Crippen LogP contribution >= 0.6 is 0 Å². The van der Waals surface area contributed by atoms with Gasteiger partial charge in [0.1, 0.15) is 11.5 Å². The minimum Gasteiger partial charge on any atom is -0.493 e. The van der Waals surface area contributed by atoms with Crippen LogP contribution < -0.4 is 9.47 Å². The van der Waals surface area contributed by atoms with Gasteiger partial charge >= 0.3 is 0 Å². The molecule has 2 heterocycles. The first-order valence-corrected chi connectivity index (χ1v) is 6.35. The summed E-state index contributed by atoms with van der Waals surface area (Å²) >= 11 is 0. The largest absolute Gasteiger partial charge is 0.493 e. The number of hydrogen-bond donors (Lipinski definition) is 0. The fourth-order valence-corrected chi connectivity index (χ4v) is 2.24. The van der Waals surface area contributed by atoms with E-state index in [1.165, 1.54) is 11.1 Å². The van der Waals surface area contributed by atoms with Crippen molar-refractivity contribution in [2.45, 2.75) is 12.8 Å². The molecule has 2 aliphatic heterocycles. The first-order chi connectivity index (χ1) is 8.93. The Morgan fingerprint density at radius 3 is 1.50 bits per heavy atom. The summed E-state index contributed by atoms with van der Waals surface area (Å²) in [6.45, 7) is 1.72. The highest BCUT2D eigenvalue weighted by Gasteiger charge is 2.09. The standard InChI is InChI=1S/2C8H8O/c2*1-2-4-8-7(3-1)5-6-9-8/h2*1-4H,5-6H2. The number of fused-ring (bicyclic) bond motifs is 2. The molecular weight excluding hydrogens is 224 g/mol. The first-order valence-electron chi connectivity index (χ1n) is 6.35. The minimum absolute atomic E-state index is 0.860. The lowest BCUT2D eigenvalue weighted by Crippen LogP contribution is -1.85. The van der Waals surface area contributed by atoms with Crippen molar-refractivity contribution in [3.63, 3.8) is 0 Å². The lowest BCUT2D eigenvalue weighted by molar-refractivity contribution is 0.356. The van der Waals surface area contributed by atoms with Crippen molar-refractivity contribution in [3.8, 4) is 11.5 Å². The maximum atomic E-state index is 5.30. The van der Waals surface area contributed by atoms with Gasteiger partial charge in [0.05, 0.1) is 13.2 Å². The highest BCUT2D eigenvalue weighted by Crippen LogP contribution is 2.23. The van der Waals surface area contributed by atoms with E-state index in [9.17, 15) is 0 Å². The van der Waals surface area contributed by atoms with Gasteiger partial charge in [0.2, 0.25) is 0 Å². The summed E-state index contributed by atoms with van der Waals surface area (Å²) in [7, 11) is 0. The van der Waals surface area contributed by atoms with Crippen LogP contribution in [0, 0.1) is 0 Å². The summed E-state index contributed by atoms with van der Waals surface area (Å²) in [6, 6.07) is 16.4. The normalized spacial score (nSPS) is 14.7. The van der Waals surface area contributed by atoms with E-state index in [4.69, 9.17) is 9.47 Å². The molecular formula is C16H16O2. The van der Waals surface area contributed by atoms with Crippen LogP contribution in [0.4, 0.5) is 0 Å². The van der Waals surface area contributed by atoms with Gasteiger partial charge in [-0.2, -0.15) is 0 Å². The maximum absolute atomic E-state index is 5.30. The molecule has 2 aliphatic rings. The molecule has 18 heavy (non-hydrogen) atoms. The van der Waals surface area contributed by atoms with E-state index in [1.807, 2.05) is 36.4 Å². The highest BCUT2D eigenvalue weighted by atomic mass is 16.5. The second kappa shape index (κ2) is 5.13. The second-order valence-electron chi connectivity index (χ2n) is 4.41. The molecule has 0 spiro atoms. The average molecular weight is 240 g/mol. The Labute approximate surface area is 107 Å². The molecule has 2 aromatic rings. The van der Waals surface area contributed by atoms with E-state index in [0.717, 1.165) is 37.6 Å². The molecule has 0 unspecified atom stereocenters. The molecule has 0 bridgehead atoms. The fraction of sp³-hybridized carbons (Fsp3) is 0.250. The Hall–Kier alpha value is -1.96. The van der Waals surface area contributed by atoms with E-state index < -0.39 is 0 Å². The Bertz CT molecular complexity index is 439. The van der Waals surface area contributed by atoms with Crippen LogP contribution in [0.3, 0.4) is 0 Å². The molecule has 2 aromatic carbocycles. The maximum Gasteiger partial charge on any atom is 0.122 e. The molecule has 0 amide bonds. The van der Waals surface area contributed by atoms with Gasteiger partial charge in [-0.25, -0.2) is 0 Å². The lowest BCUT2D eigenvalue weighted by atomic mass is 10.2. The summed E-state index contributed by atoms with van der Waals surface area (Å²) in [5, 5.41) is 0.